The summed E-state index contributed by atoms with van der Waals surface area (Å²) >= 11 is 0. The Labute approximate surface area is 116 Å². The number of halogens is 1. The Kier molecular flexibility index (Phi) is 3.75. The highest BCUT2D eigenvalue weighted by atomic mass is 19.1. The van der Waals surface area contributed by atoms with E-state index in [0.717, 1.165) is 25.2 Å². The second-order valence-electron chi connectivity index (χ2n) is 5.05. The normalized spacial score (nSPS) is 20.2. The molecule has 2 aromatic rings. The number of nitrogens with one attached hydrogen (secondary N) is 1. The lowest BCUT2D eigenvalue weighted by atomic mass is 10.1. The van der Waals surface area contributed by atoms with E-state index in [4.69, 9.17) is 4.52 Å². The number of nitrogens with zero attached hydrogens (tertiary/aromatic N) is 3. The van der Waals surface area contributed by atoms with Crippen molar-refractivity contribution in [2.24, 2.45) is 0 Å². The zero-order chi connectivity index (χ0) is 13.9. The van der Waals surface area contributed by atoms with Crippen LogP contribution < -0.4 is 5.32 Å². The van der Waals surface area contributed by atoms with Gasteiger partial charge in [0.25, 0.3) is 0 Å². The largest absolute Gasteiger partial charge is 0.339 e. The highest BCUT2D eigenvalue weighted by Crippen LogP contribution is 2.18. The minimum absolute atomic E-state index is 0.133. The lowest BCUT2D eigenvalue weighted by molar-refractivity contribution is 0.190. The first-order valence-electron chi connectivity index (χ1n) is 6.70. The van der Waals surface area contributed by atoms with E-state index in [1.165, 1.54) is 12.1 Å². The van der Waals surface area contributed by atoms with E-state index in [1.807, 2.05) is 13.1 Å². The van der Waals surface area contributed by atoms with Crippen molar-refractivity contribution in [3.63, 3.8) is 0 Å². The van der Waals surface area contributed by atoms with Crippen molar-refractivity contribution in [3.05, 3.63) is 47.4 Å². The molecule has 0 saturated carbocycles. The van der Waals surface area contributed by atoms with Crippen molar-refractivity contribution in [2.75, 3.05) is 26.7 Å². The molecule has 0 aliphatic carbocycles. The van der Waals surface area contributed by atoms with Crippen molar-refractivity contribution in [1.82, 2.24) is 20.4 Å². The molecule has 3 rings (SSSR count). The van der Waals surface area contributed by atoms with Gasteiger partial charge in [0.1, 0.15) is 5.82 Å². The summed E-state index contributed by atoms with van der Waals surface area (Å²) in [5.41, 5.74) is 0.829. The summed E-state index contributed by atoms with van der Waals surface area (Å²) in [6, 6.07) is 6.57. The predicted molar refractivity (Wildman–Crippen MR) is 71.7 cm³/mol. The molecule has 1 fully saturated rings. The molecule has 0 bridgehead atoms. The van der Waals surface area contributed by atoms with Crippen LogP contribution in [-0.4, -0.2) is 41.7 Å². The number of benzene rings is 1. The van der Waals surface area contributed by atoms with E-state index >= 15 is 0 Å². The molecule has 1 aliphatic rings. The third-order valence-corrected chi connectivity index (χ3v) is 3.54. The van der Waals surface area contributed by atoms with Gasteiger partial charge >= 0.3 is 0 Å². The molecule has 0 spiro atoms. The SMILES string of the molecule is CN1CCNCC1c1noc(Cc2cccc(F)c2)n1. The Morgan fingerprint density at radius 1 is 1.50 bits per heavy atom. The van der Waals surface area contributed by atoms with Gasteiger partial charge in [0.2, 0.25) is 5.89 Å². The van der Waals surface area contributed by atoms with E-state index in [1.54, 1.807) is 6.07 Å². The predicted octanol–water partition coefficient (Wildman–Crippen LogP) is 1.38. The second kappa shape index (κ2) is 5.68. The fourth-order valence-corrected chi connectivity index (χ4v) is 2.39. The van der Waals surface area contributed by atoms with Gasteiger partial charge < -0.3 is 9.84 Å². The van der Waals surface area contributed by atoms with Gasteiger partial charge in [0, 0.05) is 19.6 Å². The lowest BCUT2D eigenvalue weighted by Crippen LogP contribution is -2.44. The smallest absolute Gasteiger partial charge is 0.231 e. The van der Waals surface area contributed by atoms with Crippen LogP contribution in [0.15, 0.2) is 28.8 Å². The van der Waals surface area contributed by atoms with Gasteiger partial charge in [0.05, 0.1) is 12.5 Å². The molecule has 0 amide bonds. The molecule has 106 valence electrons. The van der Waals surface area contributed by atoms with Gasteiger partial charge in [-0.05, 0) is 24.7 Å². The molecule has 5 nitrogen and oxygen atoms in total. The first kappa shape index (κ1) is 13.2. The van der Waals surface area contributed by atoms with Gasteiger partial charge in [0.15, 0.2) is 5.82 Å². The van der Waals surface area contributed by atoms with E-state index in [2.05, 4.69) is 20.4 Å². The minimum Gasteiger partial charge on any atom is -0.339 e. The summed E-state index contributed by atoms with van der Waals surface area (Å²) in [7, 11) is 2.05. The zero-order valence-electron chi connectivity index (χ0n) is 11.3. The summed E-state index contributed by atoms with van der Waals surface area (Å²) in [6.07, 6.45) is 0.453. The van der Waals surface area contributed by atoms with Crippen LogP contribution in [0.2, 0.25) is 0 Å². The molecule has 20 heavy (non-hydrogen) atoms. The van der Waals surface area contributed by atoms with E-state index in [-0.39, 0.29) is 11.9 Å². The third kappa shape index (κ3) is 2.86. The Hall–Kier alpha value is -1.79. The van der Waals surface area contributed by atoms with Gasteiger partial charge in [-0.1, -0.05) is 17.3 Å². The number of hydrogen-bond acceptors (Lipinski definition) is 5. The number of hydrogen-bond donors (Lipinski definition) is 1. The molecular formula is C14H17FN4O. The molecule has 1 aliphatic heterocycles. The fourth-order valence-electron chi connectivity index (χ4n) is 2.39. The van der Waals surface area contributed by atoms with Crippen LogP contribution >= 0.6 is 0 Å². The number of piperazine rings is 1. The quantitative estimate of drug-likeness (QED) is 0.917. The topological polar surface area (TPSA) is 54.2 Å². The summed E-state index contributed by atoms with van der Waals surface area (Å²) in [6.45, 7) is 2.74. The van der Waals surface area contributed by atoms with Crippen LogP contribution in [-0.2, 0) is 6.42 Å². The van der Waals surface area contributed by atoms with Crippen molar-refractivity contribution in [3.8, 4) is 0 Å². The standard InChI is InChI=1S/C14H17FN4O/c1-19-6-5-16-9-12(19)14-17-13(20-18-14)8-10-3-2-4-11(15)7-10/h2-4,7,12,16H,5-6,8-9H2,1H3. The number of likely N-dealkylation sites (N-methyl/N-ethyl adjacent to an activating group) is 1. The molecule has 1 N–H and O–H groups in total. The van der Waals surface area contributed by atoms with Crippen LogP contribution in [0.3, 0.4) is 0 Å². The van der Waals surface area contributed by atoms with Gasteiger partial charge in [-0.3, -0.25) is 4.90 Å². The monoisotopic (exact) mass is 276 g/mol. The fraction of sp³-hybridized carbons (Fsp3) is 0.429. The number of aromatic nitrogens is 2. The highest BCUT2D eigenvalue weighted by Gasteiger charge is 2.25. The van der Waals surface area contributed by atoms with Crippen molar-refractivity contribution < 1.29 is 8.91 Å². The van der Waals surface area contributed by atoms with E-state index < -0.39 is 0 Å². The van der Waals surface area contributed by atoms with Crippen LogP contribution in [0.4, 0.5) is 4.39 Å². The third-order valence-electron chi connectivity index (χ3n) is 3.54. The Balaban J connectivity index is 1.73. The van der Waals surface area contributed by atoms with Crippen LogP contribution in [0.1, 0.15) is 23.3 Å². The summed E-state index contributed by atoms with van der Waals surface area (Å²) in [5.74, 6) is 0.953. The molecular weight excluding hydrogens is 259 g/mol. The van der Waals surface area contributed by atoms with Crippen LogP contribution in [0.25, 0.3) is 0 Å². The Morgan fingerprint density at radius 3 is 3.20 bits per heavy atom. The van der Waals surface area contributed by atoms with Gasteiger partial charge in [-0.2, -0.15) is 4.98 Å². The summed E-state index contributed by atoms with van der Waals surface area (Å²) < 4.78 is 18.4. The van der Waals surface area contributed by atoms with Gasteiger partial charge in [-0.15, -0.1) is 0 Å². The molecule has 1 saturated heterocycles. The van der Waals surface area contributed by atoms with Crippen molar-refractivity contribution in [1.29, 1.82) is 0 Å². The lowest BCUT2D eigenvalue weighted by Gasteiger charge is -2.30. The average molecular weight is 276 g/mol. The average Bonchev–Trinajstić information content (AvgIpc) is 2.87. The second-order valence-corrected chi connectivity index (χ2v) is 5.05. The molecule has 1 atom stereocenters. The summed E-state index contributed by atoms with van der Waals surface area (Å²) in [5, 5.41) is 7.36. The zero-order valence-corrected chi connectivity index (χ0v) is 11.3. The van der Waals surface area contributed by atoms with E-state index in [9.17, 15) is 4.39 Å². The first-order valence-corrected chi connectivity index (χ1v) is 6.70. The molecule has 2 heterocycles. The molecule has 1 unspecified atom stereocenters. The van der Waals surface area contributed by atoms with Crippen molar-refractivity contribution >= 4 is 0 Å². The Bertz CT molecular complexity index is 586. The highest BCUT2D eigenvalue weighted by molar-refractivity contribution is 5.19. The summed E-state index contributed by atoms with van der Waals surface area (Å²) in [4.78, 5) is 6.63. The minimum atomic E-state index is -0.251. The first-order chi connectivity index (χ1) is 9.72. The molecule has 1 aromatic heterocycles. The van der Waals surface area contributed by atoms with Crippen LogP contribution in [0.5, 0.6) is 0 Å². The maximum atomic E-state index is 13.1. The molecule has 6 heteroatoms. The maximum Gasteiger partial charge on any atom is 0.231 e. The number of rotatable bonds is 3. The molecule has 0 radical (unpaired) electrons. The Morgan fingerprint density at radius 2 is 2.40 bits per heavy atom. The van der Waals surface area contributed by atoms with Gasteiger partial charge in [-0.25, -0.2) is 4.39 Å². The maximum absolute atomic E-state index is 13.1. The van der Waals surface area contributed by atoms with Crippen molar-refractivity contribution in [2.45, 2.75) is 12.5 Å². The van der Waals surface area contributed by atoms with E-state index in [0.29, 0.717) is 18.1 Å². The molecule has 1 aromatic carbocycles. The van der Waals surface area contributed by atoms with Crippen LogP contribution in [0, 0.1) is 5.82 Å².